The first-order valence-electron chi connectivity index (χ1n) is 12.2. The molecule has 0 aromatic rings. The molecule has 1 saturated heterocycles. The van der Waals surface area contributed by atoms with Crippen molar-refractivity contribution in [3.8, 4) is 0 Å². The quantitative estimate of drug-likeness (QED) is 0.190. The lowest BCUT2D eigenvalue weighted by atomic mass is 9.83. The first-order chi connectivity index (χ1) is 14.7. The molecule has 0 spiro atoms. The van der Waals surface area contributed by atoms with Gasteiger partial charge in [-0.15, -0.1) is 24.0 Å². The van der Waals surface area contributed by atoms with Gasteiger partial charge in [-0.05, 0) is 44.4 Å². The summed E-state index contributed by atoms with van der Waals surface area (Å²) in [4.78, 5) is 21.3. The van der Waals surface area contributed by atoms with Crippen molar-refractivity contribution in [2.75, 3.05) is 66.1 Å². The van der Waals surface area contributed by atoms with Crippen LogP contribution < -0.4 is 10.6 Å². The SMILES string of the molecule is CCOCCC1(CNC(=NC)NCCN2CCN(C(=O)C3CCC3)CC2)CCCC1.I. The highest BCUT2D eigenvalue weighted by atomic mass is 127. The normalized spacial score (nSPS) is 22.0. The number of hydrogen-bond donors (Lipinski definition) is 2. The van der Waals surface area contributed by atoms with Gasteiger partial charge >= 0.3 is 0 Å². The van der Waals surface area contributed by atoms with Gasteiger partial charge < -0.3 is 20.3 Å². The van der Waals surface area contributed by atoms with E-state index in [0.717, 1.165) is 84.2 Å². The zero-order valence-electron chi connectivity index (χ0n) is 19.7. The molecule has 31 heavy (non-hydrogen) atoms. The minimum absolute atomic E-state index is 0. The average molecular weight is 550 g/mol. The molecule has 180 valence electrons. The van der Waals surface area contributed by atoms with Crippen LogP contribution in [-0.2, 0) is 9.53 Å². The van der Waals surface area contributed by atoms with E-state index in [2.05, 4.69) is 32.3 Å². The van der Waals surface area contributed by atoms with Gasteiger partial charge in [0.1, 0.15) is 0 Å². The van der Waals surface area contributed by atoms with Crippen molar-refractivity contribution in [1.82, 2.24) is 20.4 Å². The van der Waals surface area contributed by atoms with Crippen molar-refractivity contribution < 1.29 is 9.53 Å². The molecular weight excluding hydrogens is 505 g/mol. The van der Waals surface area contributed by atoms with Gasteiger partial charge in [-0.1, -0.05) is 19.3 Å². The second kappa shape index (κ2) is 13.8. The van der Waals surface area contributed by atoms with Crippen molar-refractivity contribution in [2.45, 2.75) is 58.3 Å². The molecule has 2 aliphatic carbocycles. The number of aliphatic imine (C=N–C) groups is 1. The van der Waals surface area contributed by atoms with E-state index in [4.69, 9.17) is 4.74 Å². The Labute approximate surface area is 206 Å². The fourth-order valence-corrected chi connectivity index (χ4v) is 5.00. The molecule has 0 atom stereocenters. The Hall–Kier alpha value is -0.610. The third-order valence-electron chi connectivity index (χ3n) is 7.36. The Morgan fingerprint density at radius 1 is 1.10 bits per heavy atom. The summed E-state index contributed by atoms with van der Waals surface area (Å²) in [5.74, 6) is 1.62. The molecule has 0 bridgehead atoms. The van der Waals surface area contributed by atoms with Gasteiger partial charge in [0, 0.05) is 72.0 Å². The summed E-state index contributed by atoms with van der Waals surface area (Å²) < 4.78 is 5.63. The number of carbonyl (C=O) groups is 1. The second-order valence-corrected chi connectivity index (χ2v) is 9.30. The van der Waals surface area contributed by atoms with Gasteiger partial charge in [-0.2, -0.15) is 0 Å². The third-order valence-corrected chi connectivity index (χ3v) is 7.36. The van der Waals surface area contributed by atoms with Crippen LogP contribution in [0.25, 0.3) is 0 Å². The highest BCUT2D eigenvalue weighted by Crippen LogP contribution is 2.40. The minimum Gasteiger partial charge on any atom is -0.382 e. The molecule has 3 aliphatic rings. The van der Waals surface area contributed by atoms with Crippen molar-refractivity contribution in [3.63, 3.8) is 0 Å². The fraction of sp³-hybridized carbons (Fsp3) is 0.913. The molecule has 0 aromatic heterocycles. The highest BCUT2D eigenvalue weighted by Gasteiger charge is 2.34. The van der Waals surface area contributed by atoms with E-state index in [1.807, 2.05) is 7.05 Å². The van der Waals surface area contributed by atoms with Crippen LogP contribution in [0.2, 0.25) is 0 Å². The van der Waals surface area contributed by atoms with E-state index in [0.29, 0.717) is 17.2 Å². The van der Waals surface area contributed by atoms with Crippen molar-refractivity contribution in [2.24, 2.45) is 16.3 Å². The first kappa shape index (κ1) is 26.6. The molecule has 1 heterocycles. The molecule has 7 nitrogen and oxygen atoms in total. The maximum Gasteiger partial charge on any atom is 0.225 e. The number of amides is 1. The number of carbonyl (C=O) groups excluding carboxylic acids is 1. The van der Waals surface area contributed by atoms with Crippen LogP contribution >= 0.6 is 24.0 Å². The molecular formula is C23H44IN5O2. The smallest absolute Gasteiger partial charge is 0.225 e. The fourth-order valence-electron chi connectivity index (χ4n) is 5.00. The number of hydrogen-bond acceptors (Lipinski definition) is 4. The predicted octanol–water partition coefficient (Wildman–Crippen LogP) is 2.70. The number of ether oxygens (including phenoxy) is 1. The van der Waals surface area contributed by atoms with Gasteiger partial charge in [0.25, 0.3) is 0 Å². The number of halogens is 1. The molecule has 1 amide bonds. The summed E-state index contributed by atoms with van der Waals surface area (Å²) >= 11 is 0. The number of guanidine groups is 1. The average Bonchev–Trinajstić information content (AvgIpc) is 3.19. The Balaban J connectivity index is 0.00000341. The van der Waals surface area contributed by atoms with Crippen LogP contribution in [0, 0.1) is 11.3 Å². The van der Waals surface area contributed by atoms with Crippen molar-refractivity contribution >= 4 is 35.8 Å². The van der Waals surface area contributed by atoms with E-state index in [1.165, 1.54) is 32.1 Å². The Kier molecular flexibility index (Phi) is 11.9. The maximum atomic E-state index is 12.4. The summed E-state index contributed by atoms with van der Waals surface area (Å²) in [6.07, 6.45) is 9.79. The summed E-state index contributed by atoms with van der Waals surface area (Å²) in [7, 11) is 1.85. The van der Waals surface area contributed by atoms with Crippen LogP contribution in [-0.4, -0.2) is 87.7 Å². The van der Waals surface area contributed by atoms with Crippen LogP contribution in [0.5, 0.6) is 0 Å². The molecule has 8 heteroatoms. The highest BCUT2D eigenvalue weighted by molar-refractivity contribution is 14.0. The number of nitrogens with one attached hydrogen (secondary N) is 2. The Morgan fingerprint density at radius 2 is 1.81 bits per heavy atom. The van der Waals surface area contributed by atoms with Crippen molar-refractivity contribution in [1.29, 1.82) is 0 Å². The zero-order chi connectivity index (χ0) is 21.2. The molecule has 0 aromatic carbocycles. The van der Waals surface area contributed by atoms with E-state index in [-0.39, 0.29) is 24.0 Å². The summed E-state index contributed by atoms with van der Waals surface area (Å²) in [5.41, 5.74) is 0.357. The lowest BCUT2D eigenvalue weighted by Gasteiger charge is -2.38. The summed E-state index contributed by atoms with van der Waals surface area (Å²) in [6, 6.07) is 0. The maximum absolute atomic E-state index is 12.4. The van der Waals surface area contributed by atoms with E-state index < -0.39 is 0 Å². The lowest BCUT2D eigenvalue weighted by Crippen LogP contribution is -2.52. The van der Waals surface area contributed by atoms with Crippen LogP contribution in [0.4, 0.5) is 0 Å². The van der Waals surface area contributed by atoms with Gasteiger partial charge in [-0.3, -0.25) is 14.7 Å². The van der Waals surface area contributed by atoms with Gasteiger partial charge in [-0.25, -0.2) is 0 Å². The van der Waals surface area contributed by atoms with E-state index >= 15 is 0 Å². The standard InChI is InChI=1S/C23H43N5O2.HI/c1-3-30-18-11-23(9-4-5-10-23)19-26-22(24-2)25-12-13-27-14-16-28(17-15-27)21(29)20-7-6-8-20;/h20H,3-19H2,1-2H3,(H2,24,25,26);1H. The monoisotopic (exact) mass is 549 g/mol. The molecule has 2 saturated carbocycles. The largest absolute Gasteiger partial charge is 0.382 e. The molecule has 0 radical (unpaired) electrons. The minimum atomic E-state index is 0. The van der Waals surface area contributed by atoms with E-state index in [9.17, 15) is 4.79 Å². The lowest BCUT2D eigenvalue weighted by molar-refractivity contribution is -0.139. The molecule has 1 aliphatic heterocycles. The number of piperazine rings is 1. The number of rotatable bonds is 10. The third kappa shape index (κ3) is 8.03. The molecule has 2 N–H and O–H groups in total. The predicted molar refractivity (Wildman–Crippen MR) is 137 cm³/mol. The molecule has 3 rings (SSSR count). The second-order valence-electron chi connectivity index (χ2n) is 9.30. The van der Waals surface area contributed by atoms with Gasteiger partial charge in [0.05, 0.1) is 0 Å². The van der Waals surface area contributed by atoms with E-state index in [1.54, 1.807) is 0 Å². The number of nitrogens with zero attached hydrogens (tertiary/aromatic N) is 3. The molecule has 0 unspecified atom stereocenters. The molecule has 3 fully saturated rings. The van der Waals surface area contributed by atoms with Crippen molar-refractivity contribution in [3.05, 3.63) is 0 Å². The zero-order valence-corrected chi connectivity index (χ0v) is 22.0. The summed E-state index contributed by atoms with van der Waals surface area (Å²) in [5, 5.41) is 7.06. The topological polar surface area (TPSA) is 69.2 Å². The van der Waals surface area contributed by atoms with Crippen LogP contribution in [0.1, 0.15) is 58.3 Å². The summed E-state index contributed by atoms with van der Waals surface area (Å²) in [6.45, 7) is 10.3. The van der Waals surface area contributed by atoms with Gasteiger partial charge in [0.15, 0.2) is 5.96 Å². The Bertz CT molecular complexity index is 556. The van der Waals surface area contributed by atoms with Gasteiger partial charge in [0.2, 0.25) is 5.91 Å². The van der Waals surface area contributed by atoms with Crippen LogP contribution in [0.3, 0.4) is 0 Å². The Morgan fingerprint density at radius 3 is 2.39 bits per heavy atom. The van der Waals surface area contributed by atoms with Crippen LogP contribution in [0.15, 0.2) is 4.99 Å². The first-order valence-corrected chi connectivity index (χ1v) is 12.2.